The zero-order valence-electron chi connectivity index (χ0n) is 16.6. The third kappa shape index (κ3) is 4.16. The van der Waals surface area contributed by atoms with E-state index in [1.165, 1.54) is 6.20 Å². The van der Waals surface area contributed by atoms with Crippen molar-refractivity contribution in [1.82, 2.24) is 9.88 Å². The number of hydrogen-bond acceptors (Lipinski definition) is 3. The molecule has 0 spiro atoms. The summed E-state index contributed by atoms with van der Waals surface area (Å²) in [6.07, 6.45) is 3.12. The van der Waals surface area contributed by atoms with Gasteiger partial charge in [0.2, 0.25) is 0 Å². The van der Waals surface area contributed by atoms with Gasteiger partial charge in [-0.15, -0.1) is 0 Å². The molecule has 0 aliphatic carbocycles. The zero-order valence-corrected chi connectivity index (χ0v) is 17.4. The van der Waals surface area contributed by atoms with E-state index in [1.807, 2.05) is 13.0 Å². The normalized spacial score (nSPS) is 15.7. The molecule has 0 amide bonds. The molecule has 0 bridgehead atoms. The minimum absolute atomic E-state index is 0.0472. The first kappa shape index (κ1) is 19.9. The number of ether oxygens (including phenoxy) is 1. The Labute approximate surface area is 174 Å². The van der Waals surface area contributed by atoms with Gasteiger partial charge in [-0.3, -0.25) is 9.69 Å². The summed E-state index contributed by atoms with van der Waals surface area (Å²) in [5.41, 5.74) is 2.67. The Morgan fingerprint density at radius 2 is 1.97 bits per heavy atom. The van der Waals surface area contributed by atoms with Crippen LogP contribution in [0.5, 0.6) is 5.75 Å². The lowest BCUT2D eigenvalue weighted by Crippen LogP contribution is -2.38. The van der Waals surface area contributed by atoms with Gasteiger partial charge in [-0.25, -0.2) is 4.39 Å². The Hall–Kier alpha value is -2.37. The highest BCUT2D eigenvalue weighted by atomic mass is 35.5. The van der Waals surface area contributed by atoms with E-state index in [0.717, 1.165) is 48.6 Å². The largest absolute Gasteiger partial charge is 0.487 e. The number of H-pyrrole nitrogens is 1. The van der Waals surface area contributed by atoms with E-state index in [9.17, 15) is 4.79 Å². The van der Waals surface area contributed by atoms with Crippen LogP contribution in [0.4, 0.5) is 4.39 Å². The minimum Gasteiger partial charge on any atom is -0.487 e. The highest BCUT2D eigenvalue weighted by molar-refractivity contribution is 6.31. The third-order valence-electron chi connectivity index (χ3n) is 5.60. The lowest BCUT2D eigenvalue weighted by atomic mass is 10.1. The van der Waals surface area contributed by atoms with Gasteiger partial charge in [0, 0.05) is 36.2 Å². The molecule has 1 aliphatic heterocycles. The first-order chi connectivity index (χ1) is 13.9. The maximum absolute atomic E-state index is 15.0. The summed E-state index contributed by atoms with van der Waals surface area (Å²) < 4.78 is 21.0. The average molecular weight is 415 g/mol. The van der Waals surface area contributed by atoms with Gasteiger partial charge in [0.25, 0.3) is 5.56 Å². The van der Waals surface area contributed by atoms with Crippen LogP contribution in [-0.2, 0) is 6.54 Å². The Morgan fingerprint density at radius 3 is 2.69 bits per heavy atom. The first-order valence-electron chi connectivity index (χ1n) is 9.87. The predicted molar refractivity (Wildman–Crippen MR) is 114 cm³/mol. The van der Waals surface area contributed by atoms with Gasteiger partial charge in [-0.2, -0.15) is 0 Å². The van der Waals surface area contributed by atoms with E-state index in [0.29, 0.717) is 16.3 Å². The molecule has 4 nitrogen and oxygen atoms in total. The number of fused-ring (bicyclic) bond motifs is 1. The van der Waals surface area contributed by atoms with Crippen LogP contribution in [0.15, 0.2) is 41.3 Å². The van der Waals surface area contributed by atoms with Gasteiger partial charge in [0.05, 0.1) is 5.39 Å². The van der Waals surface area contributed by atoms with Gasteiger partial charge in [-0.05, 0) is 61.6 Å². The molecule has 6 heteroatoms. The number of nitrogens with zero attached hydrogens (tertiary/aromatic N) is 1. The smallest absolute Gasteiger partial charge is 0.255 e. The van der Waals surface area contributed by atoms with Crippen molar-refractivity contribution in [2.75, 3.05) is 13.1 Å². The number of piperidine rings is 1. The zero-order chi connectivity index (χ0) is 20.5. The van der Waals surface area contributed by atoms with Gasteiger partial charge < -0.3 is 9.72 Å². The number of aryl methyl sites for hydroxylation is 2. The summed E-state index contributed by atoms with van der Waals surface area (Å²) >= 11 is 6.36. The van der Waals surface area contributed by atoms with Crippen molar-refractivity contribution in [2.45, 2.75) is 39.3 Å². The Bertz CT molecular complexity index is 1100. The monoisotopic (exact) mass is 414 g/mol. The highest BCUT2D eigenvalue weighted by Crippen LogP contribution is 2.29. The first-order valence-corrected chi connectivity index (χ1v) is 10.2. The standard InChI is InChI=1S/C23H24ClFN2O2/c1-14-3-4-16(19(24)11-14)13-27-9-7-17(8-10-27)29-20-6-5-18-21(22(20)25)15(2)12-26-23(18)28/h3-6,11-12,17H,7-10,13H2,1-2H3,(H,26,28). The number of rotatable bonds is 4. The molecule has 2 heterocycles. The van der Waals surface area contributed by atoms with E-state index >= 15 is 4.39 Å². The lowest BCUT2D eigenvalue weighted by Gasteiger charge is -2.32. The molecule has 0 radical (unpaired) electrons. The molecule has 1 fully saturated rings. The quantitative estimate of drug-likeness (QED) is 0.654. The summed E-state index contributed by atoms with van der Waals surface area (Å²) in [6.45, 7) is 6.34. The Balaban J connectivity index is 1.43. The molecule has 1 N–H and O–H groups in total. The van der Waals surface area contributed by atoms with Crippen molar-refractivity contribution < 1.29 is 9.13 Å². The average Bonchev–Trinajstić information content (AvgIpc) is 2.70. The van der Waals surface area contributed by atoms with Crippen molar-refractivity contribution in [3.8, 4) is 5.75 Å². The van der Waals surface area contributed by atoms with Crippen LogP contribution >= 0.6 is 11.6 Å². The van der Waals surface area contributed by atoms with E-state index in [2.05, 4.69) is 22.0 Å². The molecule has 0 saturated carbocycles. The Morgan fingerprint density at radius 1 is 1.21 bits per heavy atom. The molecule has 2 aromatic carbocycles. The molecule has 1 aromatic heterocycles. The van der Waals surface area contributed by atoms with Crippen LogP contribution < -0.4 is 10.3 Å². The number of aromatic amines is 1. The van der Waals surface area contributed by atoms with Crippen molar-refractivity contribution in [3.63, 3.8) is 0 Å². The number of likely N-dealkylation sites (tertiary alicyclic amines) is 1. The molecule has 0 atom stereocenters. The van der Waals surface area contributed by atoms with Crippen molar-refractivity contribution in [1.29, 1.82) is 0 Å². The van der Waals surface area contributed by atoms with Crippen LogP contribution in [0.1, 0.15) is 29.5 Å². The second-order valence-corrected chi connectivity index (χ2v) is 8.20. The fourth-order valence-corrected chi connectivity index (χ4v) is 4.23. The maximum atomic E-state index is 15.0. The summed E-state index contributed by atoms with van der Waals surface area (Å²) in [5.74, 6) is -0.244. The van der Waals surface area contributed by atoms with Crippen LogP contribution in [-0.4, -0.2) is 29.1 Å². The summed E-state index contributed by atoms with van der Waals surface area (Å²) in [5, 5.41) is 1.48. The molecule has 3 aromatic rings. The molecule has 152 valence electrons. The third-order valence-corrected chi connectivity index (χ3v) is 5.95. The number of halogens is 2. The van der Waals surface area contributed by atoms with E-state index < -0.39 is 5.82 Å². The number of pyridine rings is 1. The topological polar surface area (TPSA) is 45.3 Å². The number of benzene rings is 2. The molecular weight excluding hydrogens is 391 g/mol. The molecule has 1 saturated heterocycles. The molecular formula is C23H24ClFN2O2. The molecule has 29 heavy (non-hydrogen) atoms. The minimum atomic E-state index is -0.458. The van der Waals surface area contributed by atoms with E-state index in [4.69, 9.17) is 16.3 Å². The highest BCUT2D eigenvalue weighted by Gasteiger charge is 2.23. The SMILES string of the molecule is Cc1ccc(CN2CCC(Oc3ccc4c(=O)[nH]cc(C)c4c3F)CC2)c(Cl)c1. The second-order valence-electron chi connectivity index (χ2n) is 7.79. The number of aromatic nitrogens is 1. The van der Waals surface area contributed by atoms with Crippen molar-refractivity contribution in [2.24, 2.45) is 0 Å². The van der Waals surface area contributed by atoms with Crippen LogP contribution in [0.25, 0.3) is 10.8 Å². The van der Waals surface area contributed by atoms with Gasteiger partial charge in [-0.1, -0.05) is 23.7 Å². The fourth-order valence-electron chi connectivity index (χ4n) is 3.93. The summed E-state index contributed by atoms with van der Waals surface area (Å²) in [4.78, 5) is 16.9. The van der Waals surface area contributed by atoms with E-state index in [1.54, 1.807) is 19.1 Å². The maximum Gasteiger partial charge on any atom is 0.255 e. The van der Waals surface area contributed by atoms with Crippen LogP contribution in [0.3, 0.4) is 0 Å². The number of nitrogens with one attached hydrogen (secondary N) is 1. The fraction of sp³-hybridized carbons (Fsp3) is 0.348. The Kier molecular flexibility index (Phi) is 5.61. The van der Waals surface area contributed by atoms with Crippen LogP contribution in [0, 0.1) is 19.7 Å². The van der Waals surface area contributed by atoms with Crippen molar-refractivity contribution >= 4 is 22.4 Å². The van der Waals surface area contributed by atoms with Gasteiger partial charge >= 0.3 is 0 Å². The summed E-state index contributed by atoms with van der Waals surface area (Å²) in [7, 11) is 0. The van der Waals surface area contributed by atoms with Crippen molar-refractivity contribution in [3.05, 3.63) is 74.4 Å². The lowest BCUT2D eigenvalue weighted by molar-refractivity contribution is 0.0938. The van der Waals surface area contributed by atoms with Gasteiger partial charge in [0.1, 0.15) is 6.10 Å². The second kappa shape index (κ2) is 8.17. The number of hydrogen-bond donors (Lipinski definition) is 1. The molecule has 1 aliphatic rings. The molecule has 4 rings (SSSR count). The van der Waals surface area contributed by atoms with E-state index in [-0.39, 0.29) is 17.4 Å². The summed E-state index contributed by atoms with van der Waals surface area (Å²) in [6, 6.07) is 9.34. The van der Waals surface area contributed by atoms with Crippen LogP contribution in [0.2, 0.25) is 5.02 Å². The molecule has 0 unspecified atom stereocenters. The van der Waals surface area contributed by atoms with Gasteiger partial charge in [0.15, 0.2) is 11.6 Å². The predicted octanol–water partition coefficient (Wildman–Crippen LogP) is 4.98.